The van der Waals surface area contributed by atoms with Crippen LogP contribution in [0.1, 0.15) is 25.8 Å². The number of fused-ring (bicyclic) bond motifs is 1. The second-order valence-corrected chi connectivity index (χ2v) is 8.99. The second kappa shape index (κ2) is 7.62. The van der Waals surface area contributed by atoms with Gasteiger partial charge in [-0.1, -0.05) is 55.5 Å². The van der Waals surface area contributed by atoms with E-state index in [0.717, 1.165) is 22.7 Å². The molecule has 2 aromatic rings. The van der Waals surface area contributed by atoms with Gasteiger partial charge >= 0.3 is 0 Å². The molecule has 0 saturated heterocycles. The number of hydrogen-bond donors (Lipinski definition) is 3. The maximum absolute atomic E-state index is 11.0. The smallest absolute Gasteiger partial charge is 0.137 e. The molecule has 160 valence electrons. The number of amidine groups is 1. The monoisotopic (exact) mass is 416 g/mol. The third kappa shape index (κ3) is 3.27. The average molecular weight is 417 g/mol. The van der Waals surface area contributed by atoms with E-state index in [-0.39, 0.29) is 18.0 Å². The summed E-state index contributed by atoms with van der Waals surface area (Å²) in [4.78, 5) is 11.5. The third-order valence-corrected chi connectivity index (χ3v) is 6.93. The molecular weight excluding hydrogens is 388 g/mol. The van der Waals surface area contributed by atoms with Crippen molar-refractivity contribution in [1.82, 2.24) is 4.90 Å². The number of aliphatic hydroxyl groups is 2. The van der Waals surface area contributed by atoms with E-state index in [4.69, 9.17) is 4.99 Å². The number of hydrogen-bond acceptors (Lipinski definition) is 6. The Morgan fingerprint density at radius 3 is 2.35 bits per heavy atom. The van der Waals surface area contributed by atoms with Gasteiger partial charge in [-0.15, -0.1) is 0 Å². The van der Waals surface area contributed by atoms with Gasteiger partial charge in [-0.2, -0.15) is 0 Å². The quantitative estimate of drug-likeness (QED) is 0.717. The van der Waals surface area contributed by atoms with Crippen molar-refractivity contribution in [3.05, 3.63) is 72.4 Å². The summed E-state index contributed by atoms with van der Waals surface area (Å²) in [6.45, 7) is 4.01. The van der Waals surface area contributed by atoms with Gasteiger partial charge in [-0.3, -0.25) is 0 Å². The molecule has 0 amide bonds. The molecule has 6 nitrogen and oxygen atoms in total. The van der Waals surface area contributed by atoms with Crippen LogP contribution in [-0.2, 0) is 0 Å². The Kier molecular flexibility index (Phi) is 4.91. The molecule has 1 aliphatic carbocycles. The highest BCUT2D eigenvalue weighted by Gasteiger charge is 2.56. The van der Waals surface area contributed by atoms with Gasteiger partial charge in [0, 0.05) is 11.9 Å². The average Bonchev–Trinajstić information content (AvgIpc) is 3.28. The molecule has 6 heteroatoms. The molecule has 0 bridgehead atoms. The first-order valence-corrected chi connectivity index (χ1v) is 10.8. The van der Waals surface area contributed by atoms with Crippen molar-refractivity contribution in [3.63, 3.8) is 0 Å². The predicted octanol–water partition coefficient (Wildman–Crippen LogP) is 3.36. The predicted molar refractivity (Wildman–Crippen MR) is 124 cm³/mol. The molecular formula is C25H28N4O2. The minimum atomic E-state index is -0.853. The largest absolute Gasteiger partial charge is 0.390 e. The van der Waals surface area contributed by atoms with Gasteiger partial charge < -0.3 is 20.4 Å². The van der Waals surface area contributed by atoms with Crippen LogP contribution >= 0.6 is 0 Å². The topological polar surface area (TPSA) is 80.5 Å². The number of para-hydroxylation sites is 1. The van der Waals surface area contributed by atoms with Gasteiger partial charge in [0.1, 0.15) is 24.4 Å². The third-order valence-electron chi connectivity index (χ3n) is 6.93. The summed E-state index contributed by atoms with van der Waals surface area (Å²) in [6.07, 6.45) is 2.56. The maximum atomic E-state index is 11.0. The van der Waals surface area contributed by atoms with Crippen LogP contribution in [0.4, 0.5) is 5.69 Å². The van der Waals surface area contributed by atoms with Gasteiger partial charge in [-0.05, 0) is 42.5 Å². The van der Waals surface area contributed by atoms with E-state index in [9.17, 15) is 10.2 Å². The number of nitrogens with zero attached hydrogens (tertiary/aromatic N) is 3. The van der Waals surface area contributed by atoms with E-state index in [1.165, 1.54) is 0 Å². The van der Waals surface area contributed by atoms with Gasteiger partial charge in [0.15, 0.2) is 0 Å². The van der Waals surface area contributed by atoms with Gasteiger partial charge in [-0.25, -0.2) is 9.98 Å². The Hall–Kier alpha value is -2.96. The van der Waals surface area contributed by atoms with Gasteiger partial charge in [0.2, 0.25) is 0 Å². The minimum absolute atomic E-state index is 0.00998. The lowest BCUT2D eigenvalue weighted by Gasteiger charge is -2.43. The first-order chi connectivity index (χ1) is 15.0. The van der Waals surface area contributed by atoms with E-state index in [2.05, 4.69) is 33.5 Å². The van der Waals surface area contributed by atoms with E-state index in [0.29, 0.717) is 6.42 Å². The zero-order valence-corrected chi connectivity index (χ0v) is 17.8. The lowest BCUT2D eigenvalue weighted by molar-refractivity contribution is -0.0433. The zero-order chi connectivity index (χ0) is 21.6. The Labute approximate surface area is 182 Å². The number of anilines is 1. The van der Waals surface area contributed by atoms with Crippen molar-refractivity contribution in [2.75, 3.05) is 5.32 Å². The van der Waals surface area contributed by atoms with Crippen LogP contribution in [-0.4, -0.2) is 51.2 Å². The van der Waals surface area contributed by atoms with Crippen molar-refractivity contribution in [1.29, 1.82) is 0 Å². The fraction of sp³-hybridized carbons (Fsp3) is 0.360. The molecule has 2 aromatic carbocycles. The highest BCUT2D eigenvalue weighted by atomic mass is 16.3. The number of aliphatic imine (C=N–C) groups is 2. The van der Waals surface area contributed by atoms with E-state index in [1.54, 1.807) is 6.34 Å². The number of benzene rings is 2. The molecule has 0 aromatic heterocycles. The van der Waals surface area contributed by atoms with Crippen molar-refractivity contribution in [3.8, 4) is 0 Å². The molecule has 1 saturated carbocycles. The van der Waals surface area contributed by atoms with Crippen LogP contribution in [0.15, 0.2) is 76.8 Å². The summed E-state index contributed by atoms with van der Waals surface area (Å²) in [7, 11) is 0. The summed E-state index contributed by atoms with van der Waals surface area (Å²) >= 11 is 0. The molecule has 5 unspecified atom stereocenters. The fourth-order valence-electron chi connectivity index (χ4n) is 5.26. The molecule has 31 heavy (non-hydrogen) atoms. The van der Waals surface area contributed by atoms with Crippen LogP contribution in [0.3, 0.4) is 0 Å². The van der Waals surface area contributed by atoms with Crippen LogP contribution in [0.5, 0.6) is 0 Å². The minimum Gasteiger partial charge on any atom is -0.390 e. The Bertz CT molecular complexity index is 1040. The fourth-order valence-corrected chi connectivity index (χ4v) is 5.26. The lowest BCUT2D eigenvalue weighted by Crippen LogP contribution is -2.55. The second-order valence-electron chi connectivity index (χ2n) is 8.99. The maximum Gasteiger partial charge on any atom is 0.137 e. The van der Waals surface area contributed by atoms with Crippen LogP contribution < -0.4 is 5.32 Å². The summed E-state index contributed by atoms with van der Waals surface area (Å²) in [5.74, 6) is 0.731. The SMILES string of the molecule is CC1C[C@@](C)(N2C=C(c3ccccc3)C3C(Nc4ccccc4)=NC=NC32)C(O)C1O. The Balaban J connectivity index is 1.56. The first-order valence-electron chi connectivity index (χ1n) is 10.8. The van der Waals surface area contributed by atoms with Crippen molar-refractivity contribution >= 4 is 23.4 Å². The molecule has 1 fully saturated rings. The van der Waals surface area contributed by atoms with Crippen LogP contribution in [0.2, 0.25) is 0 Å². The van der Waals surface area contributed by atoms with Gasteiger partial charge in [0.05, 0.1) is 17.6 Å². The van der Waals surface area contributed by atoms with Crippen LogP contribution in [0.25, 0.3) is 5.57 Å². The molecule has 3 aliphatic rings. The highest BCUT2D eigenvalue weighted by molar-refractivity contribution is 6.09. The number of nitrogens with one attached hydrogen (secondary N) is 1. The summed E-state index contributed by atoms with van der Waals surface area (Å²) in [5, 5.41) is 25.0. The van der Waals surface area contributed by atoms with E-state index < -0.39 is 17.7 Å². The number of aliphatic hydroxyl groups excluding tert-OH is 2. The summed E-state index contributed by atoms with van der Waals surface area (Å²) < 4.78 is 0. The van der Waals surface area contributed by atoms with E-state index >= 15 is 0 Å². The van der Waals surface area contributed by atoms with Crippen molar-refractivity contribution < 1.29 is 10.2 Å². The molecule has 0 radical (unpaired) electrons. The van der Waals surface area contributed by atoms with E-state index in [1.807, 2.05) is 62.4 Å². The van der Waals surface area contributed by atoms with Gasteiger partial charge in [0.25, 0.3) is 0 Å². The number of rotatable bonds is 3. The normalized spacial score (nSPS) is 34.3. The summed E-state index contributed by atoms with van der Waals surface area (Å²) in [5.41, 5.74) is 2.55. The van der Waals surface area contributed by atoms with Crippen LogP contribution in [0, 0.1) is 11.8 Å². The molecule has 6 atom stereocenters. The lowest BCUT2D eigenvalue weighted by atomic mass is 9.90. The molecule has 2 heterocycles. The Morgan fingerprint density at radius 2 is 1.71 bits per heavy atom. The molecule has 2 aliphatic heterocycles. The summed E-state index contributed by atoms with van der Waals surface area (Å²) in [6, 6.07) is 20.2. The first kappa shape index (κ1) is 20.0. The zero-order valence-electron chi connectivity index (χ0n) is 17.8. The highest BCUT2D eigenvalue weighted by Crippen LogP contribution is 2.48. The molecule has 0 spiro atoms. The molecule has 3 N–H and O–H groups in total. The van der Waals surface area contributed by atoms with Crippen molar-refractivity contribution in [2.45, 2.75) is 44.2 Å². The molecule has 5 rings (SSSR count). The Morgan fingerprint density at radius 1 is 1.03 bits per heavy atom. The standard InChI is InChI=1S/C25H28N4O2/c1-16-13-25(2,22(31)21(16)30)29-14-19(17-9-5-3-6-10-17)20-23(26-15-27-24(20)29)28-18-11-7-4-8-12-18/h3-12,14-16,20-22,24,30-31H,13H2,1-2H3,(H,26,27,28)/t16?,20?,21?,22?,24?,25-/m1/s1. The van der Waals surface area contributed by atoms with Crippen molar-refractivity contribution in [2.24, 2.45) is 21.8 Å².